The van der Waals surface area contributed by atoms with Crippen LogP contribution in [0.5, 0.6) is 0 Å². The topological polar surface area (TPSA) is 101 Å². The van der Waals surface area contributed by atoms with Gasteiger partial charge >= 0.3 is 5.97 Å². The number of carboxylic acids is 1. The van der Waals surface area contributed by atoms with Crippen molar-refractivity contribution in [2.45, 2.75) is 0 Å². The van der Waals surface area contributed by atoms with Gasteiger partial charge in [-0.3, -0.25) is 0 Å². The highest BCUT2D eigenvalue weighted by Crippen LogP contribution is 2.18. The Hall–Kier alpha value is -2.67. The summed E-state index contributed by atoms with van der Waals surface area (Å²) in [5.74, 6) is -2.79. The molecule has 0 saturated heterocycles. The molecule has 0 radical (unpaired) electrons. The van der Waals surface area contributed by atoms with E-state index in [1.807, 2.05) is 0 Å². The molecule has 0 aliphatic heterocycles. The monoisotopic (exact) mass is 234 g/mol. The molecule has 6 nitrogen and oxygen atoms in total. The van der Waals surface area contributed by atoms with Crippen LogP contribution in [-0.2, 0) is 0 Å². The zero-order valence-electron chi connectivity index (χ0n) is 8.59. The van der Waals surface area contributed by atoms with Crippen LogP contribution in [0.15, 0.2) is 12.3 Å². The molecule has 1 aromatic heterocycles. The summed E-state index contributed by atoms with van der Waals surface area (Å²) in [6.45, 7) is -0.499. The van der Waals surface area contributed by atoms with E-state index in [-0.39, 0.29) is 18.9 Å². The minimum Gasteiger partial charge on any atom is -0.478 e. The first-order valence-electron chi connectivity index (χ1n) is 4.48. The molecule has 0 amide bonds. The number of aromatic nitrogens is 1. The van der Waals surface area contributed by atoms with Crippen molar-refractivity contribution in [3.8, 4) is 12.1 Å². The van der Waals surface area contributed by atoms with E-state index < -0.39 is 17.3 Å². The number of hydrogen-bond acceptors (Lipinski definition) is 5. The highest BCUT2D eigenvalue weighted by atomic mass is 19.1. The van der Waals surface area contributed by atoms with Crippen LogP contribution in [0.3, 0.4) is 0 Å². The van der Waals surface area contributed by atoms with E-state index in [1.54, 1.807) is 12.1 Å². The summed E-state index contributed by atoms with van der Waals surface area (Å²) in [5.41, 5.74) is -0.545. The molecule has 0 aliphatic rings. The van der Waals surface area contributed by atoms with Crippen LogP contribution in [0.1, 0.15) is 10.4 Å². The zero-order chi connectivity index (χ0) is 12.8. The van der Waals surface area contributed by atoms with Crippen molar-refractivity contribution in [3.63, 3.8) is 0 Å². The molecule has 7 heteroatoms. The van der Waals surface area contributed by atoms with E-state index in [4.69, 9.17) is 15.6 Å². The van der Waals surface area contributed by atoms with Crippen LogP contribution in [0.2, 0.25) is 0 Å². The van der Waals surface area contributed by atoms with Gasteiger partial charge < -0.3 is 10.0 Å². The SMILES string of the molecule is N#CCN(CC#N)c1nccc(C(=O)O)c1F. The summed E-state index contributed by atoms with van der Waals surface area (Å²) in [4.78, 5) is 15.4. The second kappa shape index (κ2) is 5.42. The van der Waals surface area contributed by atoms with Crippen molar-refractivity contribution in [1.82, 2.24) is 4.98 Å². The maximum atomic E-state index is 13.7. The Labute approximate surface area is 96.1 Å². The number of anilines is 1. The predicted octanol–water partition coefficient (Wildman–Crippen LogP) is 0.772. The molecule has 1 aromatic rings. The molecule has 0 unspecified atom stereocenters. The van der Waals surface area contributed by atoms with E-state index in [1.165, 1.54) is 0 Å². The number of hydrogen-bond donors (Lipinski definition) is 1. The van der Waals surface area contributed by atoms with E-state index in [9.17, 15) is 9.18 Å². The summed E-state index contributed by atoms with van der Waals surface area (Å²) >= 11 is 0. The summed E-state index contributed by atoms with van der Waals surface area (Å²) < 4.78 is 13.7. The van der Waals surface area contributed by atoms with Gasteiger partial charge in [0, 0.05) is 6.20 Å². The van der Waals surface area contributed by atoms with Crippen molar-refractivity contribution in [2.75, 3.05) is 18.0 Å². The molecule has 1 N–H and O–H groups in total. The minimum absolute atomic E-state index is 0.249. The Morgan fingerprint density at radius 2 is 2.06 bits per heavy atom. The fraction of sp³-hybridized carbons (Fsp3) is 0.200. The lowest BCUT2D eigenvalue weighted by atomic mass is 10.2. The molecule has 1 heterocycles. The fourth-order valence-electron chi connectivity index (χ4n) is 1.19. The standard InChI is InChI=1S/C10H7FN4O2/c11-8-7(10(16)17)1-4-14-9(8)15(5-2-12)6-3-13/h1,4H,5-6H2,(H,16,17). The van der Waals surface area contributed by atoms with Crippen molar-refractivity contribution in [3.05, 3.63) is 23.6 Å². The number of aromatic carboxylic acids is 1. The van der Waals surface area contributed by atoms with Crippen molar-refractivity contribution < 1.29 is 14.3 Å². The third-order valence-corrected chi connectivity index (χ3v) is 1.92. The third-order valence-electron chi connectivity index (χ3n) is 1.92. The number of carboxylic acid groups (broad SMARTS) is 1. The smallest absolute Gasteiger partial charge is 0.338 e. The Morgan fingerprint density at radius 3 is 2.53 bits per heavy atom. The second-order valence-electron chi connectivity index (χ2n) is 2.97. The summed E-state index contributed by atoms with van der Waals surface area (Å²) in [6, 6.07) is 4.51. The van der Waals surface area contributed by atoms with Crippen LogP contribution in [0, 0.1) is 28.5 Å². The molecule has 0 aromatic carbocycles. The zero-order valence-corrected chi connectivity index (χ0v) is 8.59. The van der Waals surface area contributed by atoms with Crippen LogP contribution in [0.4, 0.5) is 10.2 Å². The molecule has 0 spiro atoms. The lowest BCUT2D eigenvalue weighted by molar-refractivity contribution is 0.0692. The average molecular weight is 234 g/mol. The summed E-state index contributed by atoms with van der Waals surface area (Å²) in [6.07, 6.45) is 1.11. The van der Waals surface area contributed by atoms with Crippen molar-refractivity contribution in [1.29, 1.82) is 10.5 Å². The van der Waals surface area contributed by atoms with Crippen LogP contribution in [-0.4, -0.2) is 29.1 Å². The van der Waals surface area contributed by atoms with Gasteiger partial charge in [0.05, 0.1) is 12.1 Å². The molecule has 0 bridgehead atoms. The summed E-state index contributed by atoms with van der Waals surface area (Å²) in [7, 11) is 0. The largest absolute Gasteiger partial charge is 0.478 e. The number of halogens is 1. The maximum Gasteiger partial charge on any atom is 0.338 e. The molecule has 17 heavy (non-hydrogen) atoms. The molecule has 0 saturated carbocycles. The molecule has 0 atom stereocenters. The van der Waals surface area contributed by atoms with Crippen molar-refractivity contribution in [2.24, 2.45) is 0 Å². The van der Waals surface area contributed by atoms with Gasteiger partial charge in [-0.1, -0.05) is 0 Å². The third kappa shape index (κ3) is 2.67. The first kappa shape index (κ1) is 12.4. The van der Waals surface area contributed by atoms with Gasteiger partial charge in [-0.05, 0) is 6.07 Å². The van der Waals surface area contributed by atoms with E-state index in [2.05, 4.69) is 4.98 Å². The van der Waals surface area contributed by atoms with Gasteiger partial charge in [-0.2, -0.15) is 10.5 Å². The second-order valence-corrected chi connectivity index (χ2v) is 2.97. The number of nitriles is 2. The van der Waals surface area contributed by atoms with Gasteiger partial charge in [0.2, 0.25) is 0 Å². The molecular formula is C10H7FN4O2. The van der Waals surface area contributed by atoms with Crippen LogP contribution < -0.4 is 4.90 Å². The minimum atomic E-state index is -1.43. The molecule has 0 aliphatic carbocycles. The quantitative estimate of drug-likeness (QED) is 0.772. The highest BCUT2D eigenvalue weighted by molar-refractivity contribution is 5.88. The lowest BCUT2D eigenvalue weighted by Crippen LogP contribution is -2.26. The van der Waals surface area contributed by atoms with Crippen LogP contribution >= 0.6 is 0 Å². The van der Waals surface area contributed by atoms with Crippen LogP contribution in [0.25, 0.3) is 0 Å². The average Bonchev–Trinajstić information content (AvgIpc) is 2.29. The maximum absolute atomic E-state index is 13.7. The summed E-state index contributed by atoms with van der Waals surface area (Å²) in [5, 5.41) is 25.8. The predicted molar refractivity (Wildman–Crippen MR) is 54.6 cm³/mol. The number of pyridine rings is 1. The number of rotatable bonds is 4. The Bertz CT molecular complexity index is 502. The van der Waals surface area contributed by atoms with E-state index in [0.29, 0.717) is 0 Å². The first-order chi connectivity index (χ1) is 8.11. The Morgan fingerprint density at radius 1 is 1.47 bits per heavy atom. The Kier molecular flexibility index (Phi) is 3.96. The highest BCUT2D eigenvalue weighted by Gasteiger charge is 2.19. The van der Waals surface area contributed by atoms with Gasteiger partial charge in [0.1, 0.15) is 18.7 Å². The van der Waals surface area contributed by atoms with Gasteiger partial charge in [0.15, 0.2) is 11.6 Å². The van der Waals surface area contributed by atoms with Gasteiger partial charge in [-0.15, -0.1) is 0 Å². The normalized spacial score (nSPS) is 9.12. The molecule has 0 fully saturated rings. The lowest BCUT2D eigenvalue weighted by Gasteiger charge is -2.17. The van der Waals surface area contributed by atoms with E-state index >= 15 is 0 Å². The Balaban J connectivity index is 3.21. The number of nitrogens with zero attached hydrogens (tertiary/aromatic N) is 4. The molecular weight excluding hydrogens is 227 g/mol. The fourth-order valence-corrected chi connectivity index (χ4v) is 1.19. The van der Waals surface area contributed by atoms with Crippen molar-refractivity contribution >= 4 is 11.8 Å². The molecule has 1 rings (SSSR count). The first-order valence-corrected chi connectivity index (χ1v) is 4.48. The van der Waals surface area contributed by atoms with Gasteiger partial charge in [0.25, 0.3) is 0 Å². The van der Waals surface area contributed by atoms with E-state index in [0.717, 1.165) is 17.2 Å². The molecule has 86 valence electrons. The number of carbonyl (C=O) groups is 1. The van der Waals surface area contributed by atoms with Gasteiger partial charge in [-0.25, -0.2) is 14.2 Å².